The minimum atomic E-state index is -3.68. The number of ether oxygens (including phenoxy) is 1. The van der Waals surface area contributed by atoms with Crippen LogP contribution in [0, 0.1) is 19.8 Å². The van der Waals surface area contributed by atoms with E-state index in [4.69, 9.17) is 9.26 Å². The van der Waals surface area contributed by atoms with Crippen molar-refractivity contribution in [1.82, 2.24) is 14.4 Å². The maximum absolute atomic E-state index is 13.1. The largest absolute Gasteiger partial charge is 0.496 e. The van der Waals surface area contributed by atoms with E-state index in [-0.39, 0.29) is 28.5 Å². The van der Waals surface area contributed by atoms with Crippen molar-refractivity contribution in [2.45, 2.75) is 44.6 Å². The fraction of sp³-hybridized carbons (Fsp3) is 0.524. The summed E-state index contributed by atoms with van der Waals surface area (Å²) in [7, 11) is -0.284. The number of para-hydroxylation sites is 1. The van der Waals surface area contributed by atoms with Crippen LogP contribution in [0.5, 0.6) is 5.75 Å². The first-order valence-electron chi connectivity index (χ1n) is 10.0. The molecule has 1 aliphatic heterocycles. The third-order valence-corrected chi connectivity index (χ3v) is 8.03. The molecule has 1 amide bonds. The molecule has 0 radical (unpaired) electrons. The smallest absolute Gasteiger partial charge is 0.248 e. The third-order valence-electron chi connectivity index (χ3n) is 5.89. The molecular formula is C21H29N3O5S. The number of aryl methyl sites for hydroxylation is 2. The summed E-state index contributed by atoms with van der Waals surface area (Å²) in [6.07, 6.45) is 0.953. The Balaban J connectivity index is 1.68. The molecule has 3 rings (SSSR count). The van der Waals surface area contributed by atoms with Crippen LogP contribution in [-0.2, 0) is 14.8 Å². The molecular weight excluding hydrogens is 406 g/mol. The zero-order valence-corrected chi connectivity index (χ0v) is 18.9. The third kappa shape index (κ3) is 4.09. The highest BCUT2D eigenvalue weighted by Crippen LogP contribution is 2.32. The van der Waals surface area contributed by atoms with Crippen molar-refractivity contribution in [3.8, 4) is 5.75 Å². The van der Waals surface area contributed by atoms with E-state index in [2.05, 4.69) is 5.16 Å². The molecule has 1 fully saturated rings. The first-order chi connectivity index (χ1) is 14.2. The Hall–Kier alpha value is -2.39. The second kappa shape index (κ2) is 8.77. The summed E-state index contributed by atoms with van der Waals surface area (Å²) >= 11 is 0. The van der Waals surface area contributed by atoms with Gasteiger partial charge in [0.25, 0.3) is 0 Å². The topological polar surface area (TPSA) is 93.0 Å². The number of piperidine rings is 1. The Kier molecular flexibility index (Phi) is 6.52. The molecule has 1 atom stereocenters. The van der Waals surface area contributed by atoms with Gasteiger partial charge in [-0.15, -0.1) is 0 Å². The van der Waals surface area contributed by atoms with Gasteiger partial charge in [-0.05, 0) is 39.7 Å². The van der Waals surface area contributed by atoms with E-state index in [9.17, 15) is 13.2 Å². The fourth-order valence-electron chi connectivity index (χ4n) is 4.01. The van der Waals surface area contributed by atoms with Crippen LogP contribution in [0.2, 0.25) is 0 Å². The van der Waals surface area contributed by atoms with Gasteiger partial charge in [0.1, 0.15) is 16.3 Å². The van der Waals surface area contributed by atoms with Crippen molar-refractivity contribution in [3.63, 3.8) is 0 Å². The molecule has 0 spiro atoms. The Morgan fingerprint density at radius 2 is 1.90 bits per heavy atom. The van der Waals surface area contributed by atoms with E-state index in [0.29, 0.717) is 31.6 Å². The minimum absolute atomic E-state index is 0.0165. The van der Waals surface area contributed by atoms with Crippen molar-refractivity contribution in [3.05, 3.63) is 41.3 Å². The van der Waals surface area contributed by atoms with Gasteiger partial charge in [-0.1, -0.05) is 23.4 Å². The summed E-state index contributed by atoms with van der Waals surface area (Å²) < 4.78 is 37.8. The number of sulfonamides is 1. The molecule has 0 aliphatic carbocycles. The number of methoxy groups -OCH3 is 1. The fourth-order valence-corrected chi connectivity index (χ4v) is 5.77. The molecule has 0 saturated carbocycles. The maximum atomic E-state index is 13.1. The van der Waals surface area contributed by atoms with E-state index < -0.39 is 10.0 Å². The summed E-state index contributed by atoms with van der Waals surface area (Å²) in [5, 5.41) is 3.75. The number of nitrogens with zero attached hydrogens (tertiary/aromatic N) is 3. The molecule has 9 heteroatoms. The molecule has 8 nitrogen and oxygen atoms in total. The Bertz CT molecular complexity index is 990. The number of hydrogen-bond acceptors (Lipinski definition) is 6. The quantitative estimate of drug-likeness (QED) is 0.693. The zero-order valence-electron chi connectivity index (χ0n) is 18.1. The van der Waals surface area contributed by atoms with E-state index in [1.807, 2.05) is 31.2 Å². The highest BCUT2D eigenvalue weighted by Gasteiger charge is 2.36. The minimum Gasteiger partial charge on any atom is -0.496 e. The first kappa shape index (κ1) is 22.3. The Labute approximate surface area is 177 Å². The zero-order chi connectivity index (χ0) is 22.1. The second-order valence-electron chi connectivity index (χ2n) is 7.70. The Morgan fingerprint density at radius 3 is 2.47 bits per heavy atom. The van der Waals surface area contributed by atoms with Gasteiger partial charge in [0, 0.05) is 31.6 Å². The lowest BCUT2D eigenvalue weighted by atomic mass is 9.95. The first-order valence-corrected chi connectivity index (χ1v) is 11.4. The predicted octanol–water partition coefficient (Wildman–Crippen LogP) is 2.92. The summed E-state index contributed by atoms with van der Waals surface area (Å²) in [5.74, 6) is 0.826. The average molecular weight is 436 g/mol. The van der Waals surface area contributed by atoms with E-state index in [1.165, 1.54) is 4.31 Å². The van der Waals surface area contributed by atoms with Gasteiger partial charge >= 0.3 is 0 Å². The van der Waals surface area contributed by atoms with Crippen LogP contribution in [0.15, 0.2) is 33.7 Å². The molecule has 1 aliphatic rings. The van der Waals surface area contributed by atoms with Crippen LogP contribution in [-0.4, -0.2) is 55.9 Å². The van der Waals surface area contributed by atoms with Crippen molar-refractivity contribution in [2.75, 3.05) is 27.2 Å². The lowest BCUT2D eigenvalue weighted by Crippen LogP contribution is -2.44. The van der Waals surface area contributed by atoms with Gasteiger partial charge in [0.2, 0.25) is 15.9 Å². The molecule has 0 bridgehead atoms. The van der Waals surface area contributed by atoms with Gasteiger partial charge < -0.3 is 14.2 Å². The summed E-state index contributed by atoms with van der Waals surface area (Å²) in [6.45, 7) is 5.76. The van der Waals surface area contributed by atoms with Crippen LogP contribution in [0.1, 0.15) is 42.8 Å². The molecule has 1 aromatic carbocycles. The summed E-state index contributed by atoms with van der Waals surface area (Å²) in [6, 6.07) is 7.49. The second-order valence-corrected chi connectivity index (χ2v) is 9.57. The molecule has 2 heterocycles. The molecule has 30 heavy (non-hydrogen) atoms. The van der Waals surface area contributed by atoms with Gasteiger partial charge in [0.15, 0.2) is 5.76 Å². The molecule has 0 N–H and O–H groups in total. The van der Waals surface area contributed by atoms with Crippen LogP contribution in [0.3, 0.4) is 0 Å². The number of rotatable bonds is 6. The van der Waals surface area contributed by atoms with E-state index in [0.717, 1.165) is 11.3 Å². The predicted molar refractivity (Wildman–Crippen MR) is 112 cm³/mol. The normalized spacial score (nSPS) is 17.0. The average Bonchev–Trinajstić information content (AvgIpc) is 3.10. The highest BCUT2D eigenvalue weighted by molar-refractivity contribution is 7.89. The van der Waals surface area contributed by atoms with Gasteiger partial charge in [-0.25, -0.2) is 8.42 Å². The lowest BCUT2D eigenvalue weighted by Gasteiger charge is -2.34. The van der Waals surface area contributed by atoms with Crippen molar-refractivity contribution < 1.29 is 22.5 Å². The molecule has 1 saturated heterocycles. The maximum Gasteiger partial charge on any atom is 0.248 e. The molecule has 164 valence electrons. The van der Waals surface area contributed by atoms with E-state index in [1.54, 1.807) is 32.9 Å². The van der Waals surface area contributed by atoms with Crippen LogP contribution < -0.4 is 4.74 Å². The van der Waals surface area contributed by atoms with Crippen LogP contribution in [0.4, 0.5) is 0 Å². The van der Waals surface area contributed by atoms with Crippen LogP contribution in [0.25, 0.3) is 0 Å². The van der Waals surface area contributed by atoms with Gasteiger partial charge in [-0.3, -0.25) is 4.79 Å². The van der Waals surface area contributed by atoms with E-state index >= 15 is 0 Å². The lowest BCUT2D eigenvalue weighted by molar-refractivity contribution is -0.137. The Morgan fingerprint density at radius 1 is 1.27 bits per heavy atom. The van der Waals surface area contributed by atoms with Crippen LogP contribution >= 0.6 is 0 Å². The number of carbonyl (C=O) groups is 1. The van der Waals surface area contributed by atoms with Crippen molar-refractivity contribution in [2.24, 2.45) is 5.92 Å². The SMILES string of the molecule is COc1ccccc1C(C)N(C)C(=O)C1CCN(S(=O)(=O)c2c(C)noc2C)CC1. The summed E-state index contributed by atoms with van der Waals surface area (Å²) in [4.78, 5) is 15.0. The molecule has 1 aromatic heterocycles. The number of hydrogen-bond donors (Lipinski definition) is 0. The van der Waals surface area contributed by atoms with Gasteiger partial charge in [0.05, 0.1) is 13.2 Å². The standard InChI is InChI=1S/C21H29N3O5S/c1-14-20(16(3)29-22-14)30(26,27)24-12-10-17(11-13-24)21(25)23(4)15(2)18-8-6-7-9-19(18)28-5/h6-9,15,17H,10-13H2,1-5H3. The number of amides is 1. The number of carbonyl (C=O) groups excluding carboxylic acids is 1. The molecule has 2 aromatic rings. The summed E-state index contributed by atoms with van der Waals surface area (Å²) in [5.41, 5.74) is 1.30. The van der Waals surface area contributed by atoms with Gasteiger partial charge in [-0.2, -0.15) is 4.31 Å². The number of benzene rings is 1. The highest BCUT2D eigenvalue weighted by atomic mass is 32.2. The van der Waals surface area contributed by atoms with Crippen molar-refractivity contribution in [1.29, 1.82) is 0 Å². The molecule has 1 unspecified atom stereocenters. The van der Waals surface area contributed by atoms with Crippen molar-refractivity contribution >= 4 is 15.9 Å². The number of aromatic nitrogens is 1. The monoisotopic (exact) mass is 435 g/mol.